The van der Waals surface area contributed by atoms with E-state index in [4.69, 9.17) is 13.9 Å². The summed E-state index contributed by atoms with van der Waals surface area (Å²) in [6, 6.07) is 16.5. The third-order valence-corrected chi connectivity index (χ3v) is 3.56. The van der Waals surface area contributed by atoms with Gasteiger partial charge in [-0.1, -0.05) is 18.2 Å². The average Bonchev–Trinajstić information content (AvgIpc) is 3.09. The summed E-state index contributed by atoms with van der Waals surface area (Å²) in [6.07, 6.45) is 0. The van der Waals surface area contributed by atoms with E-state index in [1.54, 1.807) is 38.3 Å². The van der Waals surface area contributed by atoms with Gasteiger partial charge in [-0.05, 0) is 43.3 Å². The number of fused-ring (bicyclic) bond motifs is 1. The first-order valence-corrected chi connectivity index (χ1v) is 7.74. The number of para-hydroxylation sites is 1. The first-order valence-electron chi connectivity index (χ1n) is 7.74. The van der Waals surface area contributed by atoms with Gasteiger partial charge < -0.3 is 13.9 Å². The second-order valence-electron chi connectivity index (χ2n) is 5.34. The lowest BCUT2D eigenvalue weighted by Gasteiger charge is -2.06. The van der Waals surface area contributed by atoms with Crippen LogP contribution in [-0.4, -0.2) is 25.3 Å². The number of furan rings is 1. The van der Waals surface area contributed by atoms with E-state index < -0.39 is 0 Å². The second-order valence-corrected chi connectivity index (χ2v) is 5.34. The maximum atomic E-state index is 11.8. The molecule has 1 aromatic heterocycles. The number of hydrazone groups is 1. The molecule has 25 heavy (non-hydrogen) atoms. The van der Waals surface area contributed by atoms with Gasteiger partial charge >= 0.3 is 0 Å². The van der Waals surface area contributed by atoms with Crippen LogP contribution in [0.2, 0.25) is 0 Å². The Kier molecular flexibility index (Phi) is 4.99. The molecule has 0 spiro atoms. The van der Waals surface area contributed by atoms with E-state index in [1.165, 1.54) is 0 Å². The molecule has 0 aliphatic carbocycles. The maximum absolute atomic E-state index is 11.8. The number of benzene rings is 2. The molecule has 3 rings (SSSR count). The van der Waals surface area contributed by atoms with Crippen LogP contribution in [-0.2, 0) is 4.79 Å². The first-order chi connectivity index (χ1) is 12.2. The number of hydrogen-bond donors (Lipinski definition) is 1. The molecular formula is C19H18N2O4. The number of rotatable bonds is 6. The van der Waals surface area contributed by atoms with Crippen molar-refractivity contribution >= 4 is 22.6 Å². The number of nitrogens with one attached hydrogen (secondary N) is 1. The fourth-order valence-electron chi connectivity index (χ4n) is 2.21. The van der Waals surface area contributed by atoms with Gasteiger partial charge in [0.05, 0.1) is 7.11 Å². The Morgan fingerprint density at radius 3 is 2.56 bits per heavy atom. The van der Waals surface area contributed by atoms with Gasteiger partial charge in [-0.3, -0.25) is 4.79 Å². The molecule has 128 valence electrons. The zero-order valence-electron chi connectivity index (χ0n) is 14.0. The second kappa shape index (κ2) is 7.53. The van der Waals surface area contributed by atoms with Crippen LogP contribution < -0.4 is 14.9 Å². The van der Waals surface area contributed by atoms with Gasteiger partial charge in [-0.25, -0.2) is 5.43 Å². The van der Waals surface area contributed by atoms with Crippen LogP contribution in [0.3, 0.4) is 0 Å². The smallest absolute Gasteiger partial charge is 0.277 e. The minimum absolute atomic E-state index is 0.136. The van der Waals surface area contributed by atoms with Crippen LogP contribution in [0.25, 0.3) is 11.0 Å². The van der Waals surface area contributed by atoms with E-state index in [0.29, 0.717) is 17.2 Å². The van der Waals surface area contributed by atoms with Crippen molar-refractivity contribution in [2.24, 2.45) is 5.10 Å². The lowest BCUT2D eigenvalue weighted by Crippen LogP contribution is -2.25. The van der Waals surface area contributed by atoms with Gasteiger partial charge in [-0.15, -0.1) is 0 Å². The van der Waals surface area contributed by atoms with Gasteiger partial charge in [0.1, 0.15) is 22.8 Å². The highest BCUT2D eigenvalue weighted by molar-refractivity contribution is 6.00. The molecule has 0 saturated heterocycles. The number of nitrogens with zero attached hydrogens (tertiary/aromatic N) is 1. The number of amides is 1. The van der Waals surface area contributed by atoms with Crippen molar-refractivity contribution in [3.8, 4) is 11.5 Å². The molecule has 0 saturated carbocycles. The van der Waals surface area contributed by atoms with Crippen LogP contribution in [0.4, 0.5) is 0 Å². The van der Waals surface area contributed by atoms with Crippen LogP contribution in [0.5, 0.6) is 11.5 Å². The van der Waals surface area contributed by atoms with Crippen LogP contribution in [0.1, 0.15) is 12.7 Å². The van der Waals surface area contributed by atoms with E-state index in [-0.39, 0.29) is 12.5 Å². The van der Waals surface area contributed by atoms with Crippen molar-refractivity contribution in [1.82, 2.24) is 5.43 Å². The van der Waals surface area contributed by atoms with Crippen molar-refractivity contribution in [1.29, 1.82) is 0 Å². The molecule has 6 heteroatoms. The Hall–Kier alpha value is -3.28. The predicted molar refractivity (Wildman–Crippen MR) is 95.1 cm³/mol. The first kappa shape index (κ1) is 16.6. The van der Waals surface area contributed by atoms with Crippen LogP contribution >= 0.6 is 0 Å². The quantitative estimate of drug-likeness (QED) is 0.552. The summed E-state index contributed by atoms with van der Waals surface area (Å²) in [7, 11) is 1.59. The molecule has 1 amide bonds. The molecule has 6 nitrogen and oxygen atoms in total. The van der Waals surface area contributed by atoms with Crippen molar-refractivity contribution in [2.45, 2.75) is 6.92 Å². The van der Waals surface area contributed by atoms with E-state index >= 15 is 0 Å². The van der Waals surface area contributed by atoms with E-state index in [1.807, 2.05) is 30.3 Å². The predicted octanol–water partition coefficient (Wildman–Crippen LogP) is 3.36. The summed E-state index contributed by atoms with van der Waals surface area (Å²) in [5.74, 6) is 1.56. The van der Waals surface area contributed by atoms with Crippen molar-refractivity contribution in [3.05, 3.63) is 60.4 Å². The number of ether oxygens (including phenoxy) is 2. The van der Waals surface area contributed by atoms with Gasteiger partial charge in [0.2, 0.25) is 0 Å². The molecule has 1 heterocycles. The van der Waals surface area contributed by atoms with Crippen LogP contribution in [0.15, 0.2) is 64.1 Å². The van der Waals surface area contributed by atoms with Gasteiger partial charge in [0.15, 0.2) is 12.4 Å². The van der Waals surface area contributed by atoms with E-state index in [2.05, 4.69) is 10.5 Å². The minimum Gasteiger partial charge on any atom is -0.497 e. The monoisotopic (exact) mass is 338 g/mol. The number of carbonyl (C=O) groups excluding carboxylic acids is 1. The summed E-state index contributed by atoms with van der Waals surface area (Å²) >= 11 is 0. The zero-order chi connectivity index (χ0) is 17.6. The standard InChI is InChI=1S/C19H18N2O4/c1-13(18-11-14-5-3-4-6-17(14)25-18)20-21-19(22)12-24-16-9-7-15(23-2)8-10-16/h3-11H,12H2,1-2H3,(H,21,22). The Bertz CT molecular complexity index is 864. The summed E-state index contributed by atoms with van der Waals surface area (Å²) in [5, 5.41) is 5.04. The molecule has 0 aliphatic heterocycles. The highest BCUT2D eigenvalue weighted by Gasteiger charge is 2.07. The summed E-state index contributed by atoms with van der Waals surface area (Å²) < 4.78 is 16.1. The van der Waals surface area contributed by atoms with E-state index in [9.17, 15) is 4.79 Å². The fraction of sp³-hybridized carbons (Fsp3) is 0.158. The SMILES string of the molecule is COc1ccc(OCC(=O)NN=C(C)c2cc3ccccc3o2)cc1. The number of hydrogen-bond acceptors (Lipinski definition) is 5. The highest BCUT2D eigenvalue weighted by atomic mass is 16.5. The summed E-state index contributed by atoms with van der Waals surface area (Å²) in [6.45, 7) is 1.63. The van der Waals surface area contributed by atoms with Gasteiger partial charge in [0, 0.05) is 5.39 Å². The minimum atomic E-state index is -0.355. The normalized spacial score (nSPS) is 11.4. The van der Waals surface area contributed by atoms with Crippen LogP contribution in [0, 0.1) is 0 Å². The highest BCUT2D eigenvalue weighted by Crippen LogP contribution is 2.19. The topological polar surface area (TPSA) is 73.1 Å². The third-order valence-electron chi connectivity index (χ3n) is 3.56. The Morgan fingerprint density at radius 2 is 1.84 bits per heavy atom. The molecule has 0 fully saturated rings. The number of carbonyl (C=O) groups is 1. The molecule has 0 atom stereocenters. The largest absolute Gasteiger partial charge is 0.497 e. The fourth-order valence-corrected chi connectivity index (χ4v) is 2.21. The Balaban J connectivity index is 1.55. The molecule has 1 N–H and O–H groups in total. The Labute approximate surface area is 145 Å². The zero-order valence-corrected chi connectivity index (χ0v) is 14.0. The molecule has 0 unspecified atom stereocenters. The van der Waals surface area contributed by atoms with Crippen molar-refractivity contribution in [3.63, 3.8) is 0 Å². The average molecular weight is 338 g/mol. The lowest BCUT2D eigenvalue weighted by atomic mass is 10.2. The molecule has 2 aromatic carbocycles. The summed E-state index contributed by atoms with van der Waals surface area (Å²) in [4.78, 5) is 11.8. The number of methoxy groups -OCH3 is 1. The van der Waals surface area contributed by atoms with E-state index in [0.717, 1.165) is 16.7 Å². The molecule has 3 aromatic rings. The maximum Gasteiger partial charge on any atom is 0.277 e. The molecule has 0 aliphatic rings. The van der Waals surface area contributed by atoms with Crippen molar-refractivity contribution in [2.75, 3.05) is 13.7 Å². The third kappa shape index (κ3) is 4.17. The van der Waals surface area contributed by atoms with Gasteiger partial charge in [0.25, 0.3) is 5.91 Å². The van der Waals surface area contributed by atoms with Gasteiger partial charge in [-0.2, -0.15) is 5.10 Å². The molecular weight excluding hydrogens is 320 g/mol. The molecule has 0 bridgehead atoms. The lowest BCUT2D eigenvalue weighted by molar-refractivity contribution is -0.123. The Morgan fingerprint density at radius 1 is 1.12 bits per heavy atom. The van der Waals surface area contributed by atoms with Crippen molar-refractivity contribution < 1.29 is 18.7 Å². The molecule has 0 radical (unpaired) electrons. The summed E-state index contributed by atoms with van der Waals surface area (Å²) in [5.41, 5.74) is 3.81.